The second kappa shape index (κ2) is 4.88. The molecule has 1 unspecified atom stereocenters. The van der Waals surface area contributed by atoms with Gasteiger partial charge in [0.25, 0.3) is 0 Å². The van der Waals surface area contributed by atoms with Gasteiger partial charge in [0.2, 0.25) is 5.91 Å². The number of nitrogens with two attached hydrogens (primary N) is 1. The molecule has 0 radical (unpaired) electrons. The zero-order valence-electron chi connectivity index (χ0n) is 7.28. The van der Waals surface area contributed by atoms with E-state index < -0.39 is 0 Å². The second-order valence-corrected chi connectivity index (χ2v) is 3.61. The number of amides is 1. The van der Waals surface area contributed by atoms with Gasteiger partial charge in [-0.3, -0.25) is 10.2 Å². The Kier molecular flexibility index (Phi) is 3.78. The summed E-state index contributed by atoms with van der Waals surface area (Å²) in [6, 6.07) is 0. The predicted molar refractivity (Wildman–Crippen MR) is 50.9 cm³/mol. The maximum atomic E-state index is 11.2. The van der Waals surface area contributed by atoms with Crippen molar-refractivity contribution in [1.29, 1.82) is 0 Å². The van der Waals surface area contributed by atoms with Crippen molar-refractivity contribution in [2.75, 3.05) is 0 Å². The highest BCUT2D eigenvalue weighted by molar-refractivity contribution is 8.00. The monoisotopic (exact) mass is 200 g/mol. The molecule has 0 aromatic carbocycles. The highest BCUT2D eigenvalue weighted by Crippen LogP contribution is 2.21. The van der Waals surface area contributed by atoms with Gasteiger partial charge in [-0.2, -0.15) is 0 Å². The van der Waals surface area contributed by atoms with Crippen molar-refractivity contribution in [1.82, 2.24) is 15.4 Å². The van der Waals surface area contributed by atoms with Crippen LogP contribution in [0.15, 0.2) is 17.6 Å². The SMILES string of the molecule is CCC(Sc1ncc[nH]1)C(=O)NN. The fourth-order valence-corrected chi connectivity index (χ4v) is 1.73. The first-order valence-corrected chi connectivity index (χ1v) is 4.82. The lowest BCUT2D eigenvalue weighted by molar-refractivity contribution is -0.120. The van der Waals surface area contributed by atoms with Crippen LogP contribution in [-0.2, 0) is 4.79 Å². The summed E-state index contributed by atoms with van der Waals surface area (Å²) in [5.74, 6) is 4.86. The van der Waals surface area contributed by atoms with Crippen LogP contribution in [0.1, 0.15) is 13.3 Å². The van der Waals surface area contributed by atoms with Crippen LogP contribution >= 0.6 is 11.8 Å². The Bertz CT molecular complexity index is 261. The molecule has 4 N–H and O–H groups in total. The van der Waals surface area contributed by atoms with E-state index in [0.29, 0.717) is 6.42 Å². The van der Waals surface area contributed by atoms with Crippen LogP contribution in [0.5, 0.6) is 0 Å². The van der Waals surface area contributed by atoms with E-state index >= 15 is 0 Å². The summed E-state index contributed by atoms with van der Waals surface area (Å²) in [4.78, 5) is 18.1. The van der Waals surface area contributed by atoms with Crippen molar-refractivity contribution in [3.05, 3.63) is 12.4 Å². The van der Waals surface area contributed by atoms with Crippen molar-refractivity contribution in [3.8, 4) is 0 Å². The first kappa shape index (κ1) is 10.1. The number of imidazole rings is 1. The number of rotatable bonds is 4. The number of hydrogen-bond acceptors (Lipinski definition) is 4. The molecule has 1 rings (SSSR count). The predicted octanol–water partition coefficient (Wildman–Crippen LogP) is 0.270. The topological polar surface area (TPSA) is 83.8 Å². The first-order valence-electron chi connectivity index (χ1n) is 3.94. The van der Waals surface area contributed by atoms with E-state index in [1.807, 2.05) is 6.92 Å². The molecule has 0 aliphatic carbocycles. The summed E-state index contributed by atoms with van der Waals surface area (Å²) in [7, 11) is 0. The summed E-state index contributed by atoms with van der Waals surface area (Å²) in [6.07, 6.45) is 4.08. The molecule has 0 spiro atoms. The fraction of sp³-hybridized carbons (Fsp3) is 0.429. The maximum absolute atomic E-state index is 11.2. The smallest absolute Gasteiger partial charge is 0.247 e. The van der Waals surface area contributed by atoms with E-state index in [-0.39, 0.29) is 11.2 Å². The van der Waals surface area contributed by atoms with Gasteiger partial charge in [-0.1, -0.05) is 18.7 Å². The number of hydrogen-bond donors (Lipinski definition) is 3. The number of H-pyrrole nitrogens is 1. The third-order valence-electron chi connectivity index (χ3n) is 1.53. The molecule has 1 amide bonds. The van der Waals surface area contributed by atoms with E-state index in [9.17, 15) is 4.79 Å². The average Bonchev–Trinajstić information content (AvgIpc) is 2.65. The summed E-state index contributed by atoms with van der Waals surface area (Å²) in [5.41, 5.74) is 2.13. The van der Waals surface area contributed by atoms with Crippen LogP contribution in [0, 0.1) is 0 Å². The zero-order chi connectivity index (χ0) is 9.68. The highest BCUT2D eigenvalue weighted by atomic mass is 32.2. The molecule has 0 bridgehead atoms. The molecule has 1 aromatic heterocycles. The Morgan fingerprint density at radius 2 is 2.69 bits per heavy atom. The van der Waals surface area contributed by atoms with Gasteiger partial charge in [-0.15, -0.1) is 0 Å². The van der Waals surface area contributed by atoms with Crippen LogP contribution in [0.25, 0.3) is 0 Å². The van der Waals surface area contributed by atoms with Gasteiger partial charge in [0.1, 0.15) is 0 Å². The second-order valence-electron chi connectivity index (χ2n) is 2.42. The Balaban J connectivity index is 2.54. The van der Waals surface area contributed by atoms with Crippen LogP contribution in [0.2, 0.25) is 0 Å². The van der Waals surface area contributed by atoms with E-state index in [1.165, 1.54) is 11.8 Å². The molecule has 6 heteroatoms. The molecule has 1 heterocycles. The van der Waals surface area contributed by atoms with Crippen molar-refractivity contribution in [2.24, 2.45) is 5.84 Å². The Morgan fingerprint density at radius 1 is 1.92 bits per heavy atom. The Morgan fingerprint density at radius 3 is 3.15 bits per heavy atom. The minimum Gasteiger partial charge on any atom is -0.340 e. The molecular weight excluding hydrogens is 188 g/mol. The lowest BCUT2D eigenvalue weighted by atomic mass is 10.3. The number of thioether (sulfide) groups is 1. The third kappa shape index (κ3) is 2.74. The summed E-state index contributed by atoms with van der Waals surface area (Å²) in [5, 5.41) is 0.548. The van der Waals surface area contributed by atoms with E-state index in [2.05, 4.69) is 15.4 Å². The van der Waals surface area contributed by atoms with E-state index in [4.69, 9.17) is 5.84 Å². The van der Waals surface area contributed by atoms with Crippen molar-refractivity contribution >= 4 is 17.7 Å². The maximum Gasteiger partial charge on any atom is 0.247 e. The zero-order valence-corrected chi connectivity index (χ0v) is 8.10. The molecular formula is C7H12N4OS. The molecule has 0 fully saturated rings. The molecule has 0 aliphatic rings. The average molecular weight is 200 g/mol. The Hall–Kier alpha value is -1.01. The lowest BCUT2D eigenvalue weighted by Crippen LogP contribution is -2.37. The van der Waals surface area contributed by atoms with Gasteiger partial charge in [-0.05, 0) is 6.42 Å². The van der Waals surface area contributed by atoms with Crippen LogP contribution in [0.3, 0.4) is 0 Å². The minimum absolute atomic E-state index is 0.177. The van der Waals surface area contributed by atoms with Gasteiger partial charge in [0, 0.05) is 12.4 Å². The van der Waals surface area contributed by atoms with Crippen LogP contribution < -0.4 is 11.3 Å². The summed E-state index contributed by atoms with van der Waals surface area (Å²) in [6.45, 7) is 1.93. The normalized spacial score (nSPS) is 12.5. The molecule has 1 atom stereocenters. The van der Waals surface area contributed by atoms with E-state index in [0.717, 1.165) is 5.16 Å². The van der Waals surface area contributed by atoms with Gasteiger partial charge in [-0.25, -0.2) is 10.8 Å². The largest absolute Gasteiger partial charge is 0.340 e. The molecule has 72 valence electrons. The van der Waals surface area contributed by atoms with Gasteiger partial charge >= 0.3 is 0 Å². The number of hydrazine groups is 1. The molecule has 0 saturated heterocycles. The summed E-state index contributed by atoms with van der Waals surface area (Å²) >= 11 is 1.37. The number of nitrogens with one attached hydrogen (secondary N) is 2. The first-order chi connectivity index (χ1) is 6.27. The number of carbonyl (C=O) groups excluding carboxylic acids is 1. The molecule has 0 aliphatic heterocycles. The van der Waals surface area contributed by atoms with Crippen molar-refractivity contribution in [3.63, 3.8) is 0 Å². The van der Waals surface area contributed by atoms with Gasteiger partial charge in [0.05, 0.1) is 5.25 Å². The van der Waals surface area contributed by atoms with Gasteiger partial charge < -0.3 is 4.98 Å². The number of aromatic amines is 1. The standard InChI is InChI=1S/C7H12N4OS/c1-2-5(6(12)11-8)13-7-9-3-4-10-7/h3-5H,2,8H2,1H3,(H,9,10)(H,11,12). The highest BCUT2D eigenvalue weighted by Gasteiger charge is 2.17. The lowest BCUT2D eigenvalue weighted by Gasteiger charge is -2.09. The third-order valence-corrected chi connectivity index (χ3v) is 2.81. The van der Waals surface area contributed by atoms with E-state index in [1.54, 1.807) is 12.4 Å². The molecule has 0 saturated carbocycles. The van der Waals surface area contributed by atoms with Crippen LogP contribution in [0.4, 0.5) is 0 Å². The van der Waals surface area contributed by atoms with Gasteiger partial charge in [0.15, 0.2) is 5.16 Å². The number of nitrogens with zero attached hydrogens (tertiary/aromatic N) is 1. The summed E-state index contributed by atoms with van der Waals surface area (Å²) < 4.78 is 0. The van der Waals surface area contributed by atoms with Crippen molar-refractivity contribution < 1.29 is 4.79 Å². The Labute approximate surface area is 80.5 Å². The number of aromatic nitrogens is 2. The number of carbonyl (C=O) groups is 1. The molecule has 5 nitrogen and oxygen atoms in total. The fourth-order valence-electron chi connectivity index (χ4n) is 0.865. The minimum atomic E-state index is -0.184. The quantitative estimate of drug-likeness (QED) is 0.282. The molecule has 1 aromatic rings. The van der Waals surface area contributed by atoms with Crippen LogP contribution in [-0.4, -0.2) is 21.1 Å². The molecule has 13 heavy (non-hydrogen) atoms. The van der Waals surface area contributed by atoms with Crippen molar-refractivity contribution in [2.45, 2.75) is 23.8 Å².